The Morgan fingerprint density at radius 3 is 2.57 bits per heavy atom. The van der Waals surface area contributed by atoms with E-state index < -0.39 is 5.97 Å². The van der Waals surface area contributed by atoms with E-state index in [-0.39, 0.29) is 31.1 Å². The number of benzene rings is 1. The molecule has 2 N–H and O–H groups in total. The smallest absolute Gasteiger partial charge is 0.317 e. The van der Waals surface area contributed by atoms with Gasteiger partial charge in [0.05, 0.1) is 6.42 Å². The van der Waals surface area contributed by atoms with E-state index in [4.69, 9.17) is 5.11 Å². The van der Waals surface area contributed by atoms with Crippen LogP contribution in [0.1, 0.15) is 38.2 Å². The third-order valence-electron chi connectivity index (χ3n) is 4.17. The summed E-state index contributed by atoms with van der Waals surface area (Å²) in [6, 6.07) is 10.3. The summed E-state index contributed by atoms with van der Waals surface area (Å²) in [6.07, 6.45) is 0.877. The van der Waals surface area contributed by atoms with Crippen LogP contribution in [-0.2, 0) is 4.79 Å². The van der Waals surface area contributed by atoms with Crippen LogP contribution in [0, 0.1) is 0 Å². The van der Waals surface area contributed by atoms with Crippen molar-refractivity contribution in [2.24, 2.45) is 0 Å². The number of nitrogens with zero attached hydrogens (tertiary/aromatic N) is 1. The van der Waals surface area contributed by atoms with Crippen LogP contribution in [0.2, 0.25) is 0 Å². The highest BCUT2D eigenvalue weighted by atomic mass is 16.4. The van der Waals surface area contributed by atoms with Gasteiger partial charge in [-0.05, 0) is 25.8 Å². The van der Waals surface area contributed by atoms with Crippen LogP contribution >= 0.6 is 0 Å². The lowest BCUT2D eigenvalue weighted by Gasteiger charge is -2.28. The summed E-state index contributed by atoms with van der Waals surface area (Å²) in [5.74, 6) is -0.577. The number of carbonyl (C=O) groups is 2. The number of carboxylic acid groups (broad SMARTS) is 1. The number of carboxylic acids is 1. The Kier molecular flexibility index (Phi) is 4.83. The molecule has 1 aromatic carbocycles. The van der Waals surface area contributed by atoms with Crippen molar-refractivity contribution >= 4 is 12.0 Å². The monoisotopic (exact) mass is 290 g/mol. The van der Waals surface area contributed by atoms with E-state index in [1.807, 2.05) is 30.0 Å². The molecule has 2 rings (SSSR count). The minimum atomic E-state index is -0.903. The Labute approximate surface area is 125 Å². The van der Waals surface area contributed by atoms with Crippen molar-refractivity contribution in [1.29, 1.82) is 0 Å². The van der Waals surface area contributed by atoms with Gasteiger partial charge in [-0.3, -0.25) is 4.79 Å². The predicted octanol–water partition coefficient (Wildman–Crippen LogP) is 2.44. The SMILES string of the molecule is CC1CC(c2ccccc2)C(C)N1C(=O)NCCC(=O)O. The first-order valence-corrected chi connectivity index (χ1v) is 7.33. The van der Waals surface area contributed by atoms with Crippen molar-refractivity contribution in [1.82, 2.24) is 10.2 Å². The zero-order chi connectivity index (χ0) is 15.4. The molecule has 0 aromatic heterocycles. The standard InChI is InChI=1S/C16H22N2O3/c1-11-10-14(13-6-4-3-5-7-13)12(2)18(11)16(21)17-9-8-15(19)20/h3-7,11-12,14H,8-10H2,1-2H3,(H,17,21)(H,19,20). The zero-order valence-corrected chi connectivity index (χ0v) is 12.5. The summed E-state index contributed by atoms with van der Waals surface area (Å²) in [5, 5.41) is 11.3. The fraction of sp³-hybridized carbons (Fsp3) is 0.500. The number of urea groups is 1. The number of likely N-dealkylation sites (tertiary alicyclic amines) is 1. The van der Waals surface area contributed by atoms with E-state index in [1.165, 1.54) is 5.56 Å². The first-order chi connectivity index (χ1) is 10.0. The topological polar surface area (TPSA) is 69.6 Å². The second-order valence-corrected chi connectivity index (χ2v) is 5.63. The van der Waals surface area contributed by atoms with Gasteiger partial charge in [0, 0.05) is 24.5 Å². The molecule has 0 saturated carbocycles. The molecule has 3 atom stereocenters. The van der Waals surface area contributed by atoms with Crippen molar-refractivity contribution in [2.75, 3.05) is 6.54 Å². The number of carbonyl (C=O) groups excluding carboxylic acids is 1. The molecule has 3 unspecified atom stereocenters. The van der Waals surface area contributed by atoms with Crippen molar-refractivity contribution < 1.29 is 14.7 Å². The largest absolute Gasteiger partial charge is 0.481 e. The van der Waals surface area contributed by atoms with Crippen LogP contribution in [-0.4, -0.2) is 40.6 Å². The number of aliphatic carboxylic acids is 1. The highest BCUT2D eigenvalue weighted by molar-refractivity contribution is 5.76. The molecule has 0 radical (unpaired) electrons. The van der Waals surface area contributed by atoms with E-state index in [0.717, 1.165) is 6.42 Å². The van der Waals surface area contributed by atoms with Crippen molar-refractivity contribution in [2.45, 2.75) is 44.7 Å². The van der Waals surface area contributed by atoms with E-state index in [1.54, 1.807) is 0 Å². The van der Waals surface area contributed by atoms with Crippen molar-refractivity contribution in [3.63, 3.8) is 0 Å². The molecule has 1 heterocycles. The van der Waals surface area contributed by atoms with Gasteiger partial charge in [0.15, 0.2) is 0 Å². The number of rotatable bonds is 4. The van der Waals surface area contributed by atoms with Gasteiger partial charge in [-0.1, -0.05) is 30.3 Å². The molecular weight excluding hydrogens is 268 g/mol. The first-order valence-electron chi connectivity index (χ1n) is 7.33. The molecule has 1 aliphatic heterocycles. The van der Waals surface area contributed by atoms with Crippen LogP contribution < -0.4 is 5.32 Å². The highest BCUT2D eigenvalue weighted by Gasteiger charge is 2.39. The van der Waals surface area contributed by atoms with Gasteiger partial charge >= 0.3 is 12.0 Å². The lowest BCUT2D eigenvalue weighted by Crippen LogP contribution is -2.46. The lowest BCUT2D eigenvalue weighted by atomic mass is 9.92. The molecule has 21 heavy (non-hydrogen) atoms. The predicted molar refractivity (Wildman–Crippen MR) is 80.2 cm³/mol. The number of nitrogens with one attached hydrogen (secondary N) is 1. The average molecular weight is 290 g/mol. The molecule has 0 spiro atoms. The molecule has 0 aliphatic carbocycles. The van der Waals surface area contributed by atoms with Gasteiger partial charge in [0.25, 0.3) is 0 Å². The maximum atomic E-state index is 12.2. The second kappa shape index (κ2) is 6.61. The second-order valence-electron chi connectivity index (χ2n) is 5.63. The molecule has 5 nitrogen and oxygen atoms in total. The molecule has 114 valence electrons. The highest BCUT2D eigenvalue weighted by Crippen LogP contribution is 2.37. The Morgan fingerprint density at radius 1 is 1.29 bits per heavy atom. The van der Waals surface area contributed by atoms with Crippen LogP contribution in [0.15, 0.2) is 30.3 Å². The quantitative estimate of drug-likeness (QED) is 0.894. The van der Waals surface area contributed by atoms with Gasteiger partial charge in [0.1, 0.15) is 0 Å². The maximum Gasteiger partial charge on any atom is 0.317 e. The maximum absolute atomic E-state index is 12.2. The van der Waals surface area contributed by atoms with Crippen LogP contribution in [0.4, 0.5) is 4.79 Å². The van der Waals surface area contributed by atoms with Crippen molar-refractivity contribution in [3.8, 4) is 0 Å². The normalized spacial score (nSPS) is 24.9. The third-order valence-corrected chi connectivity index (χ3v) is 4.17. The molecule has 1 fully saturated rings. The average Bonchev–Trinajstić information content (AvgIpc) is 2.74. The van der Waals surface area contributed by atoms with E-state index in [0.29, 0.717) is 5.92 Å². The van der Waals surface area contributed by atoms with Gasteiger partial charge in [-0.2, -0.15) is 0 Å². The zero-order valence-electron chi connectivity index (χ0n) is 12.5. The Hall–Kier alpha value is -2.04. The molecule has 5 heteroatoms. The summed E-state index contributed by atoms with van der Waals surface area (Å²) in [4.78, 5) is 24.6. The molecule has 1 aromatic rings. The molecule has 1 aliphatic rings. The molecule has 2 amide bonds. The summed E-state index contributed by atoms with van der Waals surface area (Å²) in [6.45, 7) is 4.26. The first kappa shape index (κ1) is 15.4. The summed E-state index contributed by atoms with van der Waals surface area (Å²) >= 11 is 0. The minimum Gasteiger partial charge on any atom is -0.481 e. The Bertz CT molecular complexity index is 504. The fourth-order valence-electron chi connectivity index (χ4n) is 3.14. The Morgan fingerprint density at radius 2 is 1.95 bits per heavy atom. The van der Waals surface area contributed by atoms with E-state index in [9.17, 15) is 9.59 Å². The summed E-state index contributed by atoms with van der Waals surface area (Å²) < 4.78 is 0. The fourth-order valence-corrected chi connectivity index (χ4v) is 3.14. The van der Waals surface area contributed by atoms with Gasteiger partial charge in [0.2, 0.25) is 0 Å². The van der Waals surface area contributed by atoms with Crippen LogP contribution in [0.3, 0.4) is 0 Å². The Balaban J connectivity index is 2.01. The van der Waals surface area contributed by atoms with Gasteiger partial charge < -0.3 is 15.3 Å². The van der Waals surface area contributed by atoms with Gasteiger partial charge in [-0.25, -0.2) is 4.79 Å². The lowest BCUT2D eigenvalue weighted by molar-refractivity contribution is -0.136. The van der Waals surface area contributed by atoms with Crippen LogP contribution in [0.5, 0.6) is 0 Å². The van der Waals surface area contributed by atoms with E-state index >= 15 is 0 Å². The molecular formula is C16H22N2O3. The summed E-state index contributed by atoms with van der Waals surface area (Å²) in [5.41, 5.74) is 1.25. The number of amides is 2. The number of hydrogen-bond donors (Lipinski definition) is 2. The van der Waals surface area contributed by atoms with Gasteiger partial charge in [-0.15, -0.1) is 0 Å². The number of hydrogen-bond acceptors (Lipinski definition) is 2. The summed E-state index contributed by atoms with van der Waals surface area (Å²) in [7, 11) is 0. The van der Waals surface area contributed by atoms with E-state index in [2.05, 4.69) is 24.4 Å². The third kappa shape index (κ3) is 3.54. The van der Waals surface area contributed by atoms with Crippen LogP contribution in [0.25, 0.3) is 0 Å². The van der Waals surface area contributed by atoms with Crippen molar-refractivity contribution in [3.05, 3.63) is 35.9 Å². The molecule has 1 saturated heterocycles. The molecule has 0 bridgehead atoms. The minimum absolute atomic E-state index is 0.0511.